The first-order chi connectivity index (χ1) is 13.7. The Morgan fingerprint density at radius 3 is 2.28 bits per heavy atom. The van der Waals surface area contributed by atoms with Gasteiger partial charge in [0.05, 0.1) is 12.7 Å². The Kier molecular flexibility index (Phi) is 7.53. The van der Waals surface area contributed by atoms with Gasteiger partial charge in [0.1, 0.15) is 6.04 Å². The van der Waals surface area contributed by atoms with Gasteiger partial charge in [-0.15, -0.1) is 0 Å². The van der Waals surface area contributed by atoms with E-state index in [1.165, 1.54) is 7.11 Å². The number of anilines is 1. The van der Waals surface area contributed by atoms with Crippen LogP contribution in [0.25, 0.3) is 0 Å². The first-order valence-corrected chi connectivity index (χ1v) is 9.57. The van der Waals surface area contributed by atoms with Crippen LogP contribution in [0.3, 0.4) is 0 Å². The largest absolute Gasteiger partial charge is 0.465 e. The Balaban J connectivity index is 2.31. The monoisotopic (exact) mass is 396 g/mol. The second-order valence-corrected chi connectivity index (χ2v) is 7.46. The van der Waals surface area contributed by atoms with Crippen molar-refractivity contribution in [3.05, 3.63) is 64.7 Å². The van der Waals surface area contributed by atoms with Gasteiger partial charge in [0.15, 0.2) is 0 Å². The van der Waals surface area contributed by atoms with Gasteiger partial charge in [-0.25, -0.2) is 4.79 Å². The molecule has 2 aromatic rings. The molecule has 0 aliphatic heterocycles. The van der Waals surface area contributed by atoms with Crippen molar-refractivity contribution in [2.75, 3.05) is 12.4 Å². The standard InChI is InChI=1S/C23H28N2O4/c1-14(2)11-20(26)25-21(17-9-7-6-8-10-17)22(27)24-18-12-15(3)16(4)19(13-18)23(28)29-5/h6-10,12-14,21H,11H2,1-5H3,(H,24,27)(H,25,26). The van der Waals surface area contributed by atoms with Crippen LogP contribution < -0.4 is 10.6 Å². The Hall–Kier alpha value is -3.15. The third-order valence-corrected chi connectivity index (χ3v) is 4.63. The van der Waals surface area contributed by atoms with Crippen LogP contribution in [-0.2, 0) is 14.3 Å². The van der Waals surface area contributed by atoms with Gasteiger partial charge in [-0.2, -0.15) is 0 Å². The number of esters is 1. The van der Waals surface area contributed by atoms with Crippen LogP contribution in [-0.4, -0.2) is 24.9 Å². The molecule has 154 valence electrons. The van der Waals surface area contributed by atoms with E-state index in [0.29, 0.717) is 23.2 Å². The number of hydrogen-bond acceptors (Lipinski definition) is 4. The normalized spacial score (nSPS) is 11.7. The highest BCUT2D eigenvalue weighted by Gasteiger charge is 2.24. The van der Waals surface area contributed by atoms with Crippen LogP contribution in [0, 0.1) is 19.8 Å². The average Bonchev–Trinajstić information content (AvgIpc) is 2.68. The van der Waals surface area contributed by atoms with E-state index in [1.807, 2.05) is 45.9 Å². The number of carbonyl (C=O) groups excluding carboxylic acids is 3. The molecule has 0 fully saturated rings. The number of ether oxygens (including phenoxy) is 1. The fourth-order valence-corrected chi connectivity index (χ4v) is 3.00. The molecule has 0 saturated heterocycles. The summed E-state index contributed by atoms with van der Waals surface area (Å²) in [6.45, 7) is 7.57. The maximum Gasteiger partial charge on any atom is 0.338 e. The minimum absolute atomic E-state index is 0.178. The highest BCUT2D eigenvalue weighted by Crippen LogP contribution is 2.23. The molecule has 0 bridgehead atoms. The molecule has 1 atom stereocenters. The number of hydrogen-bond donors (Lipinski definition) is 2. The van der Waals surface area contributed by atoms with Gasteiger partial charge in [-0.05, 0) is 48.6 Å². The number of amides is 2. The molecule has 0 saturated carbocycles. The van der Waals surface area contributed by atoms with Crippen molar-refractivity contribution in [2.24, 2.45) is 5.92 Å². The summed E-state index contributed by atoms with van der Waals surface area (Å²) in [5.74, 6) is -0.866. The Morgan fingerprint density at radius 2 is 1.69 bits per heavy atom. The molecule has 0 heterocycles. The zero-order chi connectivity index (χ0) is 21.6. The molecule has 2 rings (SSSR count). The number of aryl methyl sites for hydroxylation is 1. The van der Waals surface area contributed by atoms with Crippen molar-refractivity contribution < 1.29 is 19.1 Å². The second kappa shape index (κ2) is 9.87. The highest BCUT2D eigenvalue weighted by molar-refractivity contribution is 5.99. The lowest BCUT2D eigenvalue weighted by atomic mass is 10.0. The minimum atomic E-state index is -0.842. The summed E-state index contributed by atoms with van der Waals surface area (Å²) in [6, 6.07) is 11.6. The third-order valence-electron chi connectivity index (χ3n) is 4.63. The number of rotatable bonds is 7. The van der Waals surface area contributed by atoms with E-state index in [9.17, 15) is 14.4 Å². The molecule has 29 heavy (non-hydrogen) atoms. The summed E-state index contributed by atoms with van der Waals surface area (Å²) in [5.41, 5.74) is 3.18. The third kappa shape index (κ3) is 5.91. The maximum atomic E-state index is 13.0. The van der Waals surface area contributed by atoms with Crippen molar-refractivity contribution >= 4 is 23.5 Å². The summed E-state index contributed by atoms with van der Waals surface area (Å²) in [7, 11) is 1.32. The highest BCUT2D eigenvalue weighted by atomic mass is 16.5. The predicted molar refractivity (Wildman–Crippen MR) is 113 cm³/mol. The number of methoxy groups -OCH3 is 1. The van der Waals surface area contributed by atoms with Gasteiger partial charge in [0.25, 0.3) is 5.91 Å². The van der Waals surface area contributed by atoms with Gasteiger partial charge in [-0.3, -0.25) is 9.59 Å². The number of nitrogens with one attached hydrogen (secondary N) is 2. The molecule has 0 aliphatic carbocycles. The van der Waals surface area contributed by atoms with Gasteiger partial charge >= 0.3 is 5.97 Å². The lowest BCUT2D eigenvalue weighted by molar-refractivity contribution is -0.127. The fraction of sp³-hybridized carbons (Fsp3) is 0.348. The topological polar surface area (TPSA) is 84.5 Å². The first-order valence-electron chi connectivity index (χ1n) is 9.57. The maximum absolute atomic E-state index is 13.0. The molecule has 0 spiro atoms. The van der Waals surface area contributed by atoms with Gasteiger partial charge < -0.3 is 15.4 Å². The smallest absolute Gasteiger partial charge is 0.338 e. The van der Waals surface area contributed by atoms with Crippen LogP contribution in [0.5, 0.6) is 0 Å². The molecule has 0 radical (unpaired) electrons. The van der Waals surface area contributed by atoms with Crippen LogP contribution in [0.1, 0.15) is 53.4 Å². The zero-order valence-corrected chi connectivity index (χ0v) is 17.5. The Labute approximate surface area is 171 Å². The minimum Gasteiger partial charge on any atom is -0.465 e. The van der Waals surface area contributed by atoms with Gasteiger partial charge in [-0.1, -0.05) is 44.2 Å². The molecule has 2 amide bonds. The second-order valence-electron chi connectivity index (χ2n) is 7.46. The van der Waals surface area contributed by atoms with Gasteiger partial charge in [0, 0.05) is 12.1 Å². The SMILES string of the molecule is COC(=O)c1cc(NC(=O)C(NC(=O)CC(C)C)c2ccccc2)cc(C)c1C. The Bertz CT molecular complexity index is 891. The van der Waals surface area contributed by atoms with E-state index in [4.69, 9.17) is 4.74 Å². The van der Waals surface area contributed by atoms with E-state index in [0.717, 1.165) is 11.1 Å². The first kappa shape index (κ1) is 22.1. The fourth-order valence-electron chi connectivity index (χ4n) is 3.00. The van der Waals surface area contributed by atoms with Crippen molar-refractivity contribution in [1.82, 2.24) is 5.32 Å². The van der Waals surface area contributed by atoms with Crippen LogP contribution >= 0.6 is 0 Å². The summed E-state index contributed by atoms with van der Waals surface area (Å²) in [4.78, 5) is 37.4. The molecule has 6 nitrogen and oxygen atoms in total. The molecule has 2 aromatic carbocycles. The summed E-state index contributed by atoms with van der Waals surface area (Å²) >= 11 is 0. The molecule has 1 unspecified atom stereocenters. The molecular weight excluding hydrogens is 368 g/mol. The molecule has 0 aliphatic rings. The van der Waals surface area contributed by atoms with Crippen molar-refractivity contribution in [3.8, 4) is 0 Å². The van der Waals surface area contributed by atoms with E-state index >= 15 is 0 Å². The summed E-state index contributed by atoms with van der Waals surface area (Å²) < 4.78 is 4.83. The molecular formula is C23H28N2O4. The predicted octanol–water partition coefficient (Wildman–Crippen LogP) is 3.93. The van der Waals surface area contributed by atoms with E-state index in [2.05, 4.69) is 10.6 Å². The van der Waals surface area contributed by atoms with Crippen molar-refractivity contribution in [3.63, 3.8) is 0 Å². The zero-order valence-electron chi connectivity index (χ0n) is 17.5. The lowest BCUT2D eigenvalue weighted by Crippen LogP contribution is -2.37. The van der Waals surface area contributed by atoms with Gasteiger partial charge in [0.2, 0.25) is 5.91 Å². The van der Waals surface area contributed by atoms with Crippen molar-refractivity contribution in [2.45, 2.75) is 40.2 Å². The van der Waals surface area contributed by atoms with Crippen molar-refractivity contribution in [1.29, 1.82) is 0 Å². The van der Waals surface area contributed by atoms with E-state index < -0.39 is 12.0 Å². The number of carbonyl (C=O) groups is 3. The quantitative estimate of drug-likeness (QED) is 0.695. The van der Waals surface area contributed by atoms with Crippen LogP contribution in [0.15, 0.2) is 42.5 Å². The molecule has 6 heteroatoms. The van der Waals surface area contributed by atoms with E-state index in [-0.39, 0.29) is 17.7 Å². The molecule has 2 N–H and O–H groups in total. The lowest BCUT2D eigenvalue weighted by Gasteiger charge is -2.20. The van der Waals surface area contributed by atoms with Crippen LogP contribution in [0.4, 0.5) is 5.69 Å². The average molecular weight is 396 g/mol. The summed E-state index contributed by atoms with van der Waals surface area (Å²) in [6.07, 6.45) is 0.326. The van der Waals surface area contributed by atoms with E-state index in [1.54, 1.807) is 24.3 Å². The Morgan fingerprint density at radius 1 is 1.03 bits per heavy atom. The summed E-state index contributed by atoms with van der Waals surface area (Å²) in [5, 5.41) is 5.64. The number of benzene rings is 2. The molecule has 0 aromatic heterocycles. The van der Waals surface area contributed by atoms with Crippen LogP contribution in [0.2, 0.25) is 0 Å².